The molecule has 2 amide bonds. The Balaban J connectivity index is 2.61. The van der Waals surface area contributed by atoms with E-state index >= 15 is 0 Å². The van der Waals surface area contributed by atoms with Gasteiger partial charge in [-0.3, -0.25) is 0 Å². The van der Waals surface area contributed by atoms with Crippen molar-refractivity contribution in [2.75, 3.05) is 7.05 Å². The van der Waals surface area contributed by atoms with E-state index in [0.29, 0.717) is 5.69 Å². The first kappa shape index (κ1) is 16.0. The van der Waals surface area contributed by atoms with Crippen LogP contribution in [0.1, 0.15) is 32.4 Å². The van der Waals surface area contributed by atoms with Crippen LogP contribution in [-0.2, 0) is 11.2 Å². The summed E-state index contributed by atoms with van der Waals surface area (Å²) < 4.78 is 0. The number of imidazole rings is 1. The number of carboxylic acid groups (broad SMARTS) is 1. The third kappa shape index (κ3) is 4.56. The summed E-state index contributed by atoms with van der Waals surface area (Å²) in [6.07, 6.45) is 5.05. The quantitative estimate of drug-likeness (QED) is 0.700. The predicted molar refractivity (Wildman–Crippen MR) is 74.4 cm³/mol. The standard InChI is InChI=1S/C13H22N4O3/c1-4-5-9(2)17(3)13(20)16-11(12(18)19)6-10-7-14-8-15-10/h7-9,11H,4-6H2,1-3H3,(H,14,15)(H,16,20)(H,18,19)/t9?,11-/m1/s1. The number of nitrogens with zero attached hydrogens (tertiary/aromatic N) is 2. The summed E-state index contributed by atoms with van der Waals surface area (Å²) >= 11 is 0. The zero-order valence-electron chi connectivity index (χ0n) is 12.1. The van der Waals surface area contributed by atoms with E-state index in [1.807, 2.05) is 13.8 Å². The first-order valence-electron chi connectivity index (χ1n) is 6.69. The summed E-state index contributed by atoms with van der Waals surface area (Å²) in [4.78, 5) is 31.4. The lowest BCUT2D eigenvalue weighted by Gasteiger charge is -2.26. The minimum atomic E-state index is -1.07. The van der Waals surface area contributed by atoms with Crippen LogP contribution >= 0.6 is 0 Å². The Labute approximate surface area is 118 Å². The summed E-state index contributed by atoms with van der Waals surface area (Å²) in [6.45, 7) is 3.98. The molecule has 1 heterocycles. The smallest absolute Gasteiger partial charge is 0.326 e. The van der Waals surface area contributed by atoms with Gasteiger partial charge in [0.15, 0.2) is 0 Å². The molecular formula is C13H22N4O3. The van der Waals surface area contributed by atoms with Gasteiger partial charge in [0.05, 0.1) is 6.33 Å². The molecule has 0 bridgehead atoms. The molecule has 0 radical (unpaired) electrons. The molecule has 0 aliphatic rings. The van der Waals surface area contributed by atoms with Gasteiger partial charge in [-0.2, -0.15) is 0 Å². The molecular weight excluding hydrogens is 260 g/mol. The zero-order valence-corrected chi connectivity index (χ0v) is 12.1. The Kier molecular flexibility index (Phi) is 6.02. The van der Waals surface area contributed by atoms with E-state index in [4.69, 9.17) is 0 Å². The number of carbonyl (C=O) groups excluding carboxylic acids is 1. The van der Waals surface area contributed by atoms with Crippen molar-refractivity contribution in [3.8, 4) is 0 Å². The second kappa shape index (κ2) is 7.52. The Bertz CT molecular complexity index is 433. The minimum absolute atomic E-state index is 0.0709. The van der Waals surface area contributed by atoms with E-state index in [-0.39, 0.29) is 18.5 Å². The average molecular weight is 282 g/mol. The number of aromatic amines is 1. The topological polar surface area (TPSA) is 98.3 Å². The van der Waals surface area contributed by atoms with E-state index < -0.39 is 12.0 Å². The number of nitrogens with one attached hydrogen (secondary N) is 2. The van der Waals surface area contributed by atoms with Crippen molar-refractivity contribution in [1.29, 1.82) is 0 Å². The fourth-order valence-electron chi connectivity index (χ4n) is 1.88. The van der Waals surface area contributed by atoms with Gasteiger partial charge < -0.3 is 20.3 Å². The van der Waals surface area contributed by atoms with Gasteiger partial charge in [0.25, 0.3) is 0 Å². The number of urea groups is 1. The zero-order chi connectivity index (χ0) is 15.1. The molecule has 0 spiro atoms. The first-order valence-corrected chi connectivity index (χ1v) is 6.69. The third-order valence-electron chi connectivity index (χ3n) is 3.26. The number of H-pyrrole nitrogens is 1. The van der Waals surface area contributed by atoms with Crippen LogP contribution in [0.4, 0.5) is 4.79 Å². The molecule has 0 fully saturated rings. The van der Waals surface area contributed by atoms with Crippen LogP contribution in [0, 0.1) is 0 Å². The van der Waals surface area contributed by atoms with Crippen molar-refractivity contribution >= 4 is 12.0 Å². The number of rotatable bonds is 7. The van der Waals surface area contributed by atoms with Crippen LogP contribution in [-0.4, -0.2) is 51.1 Å². The van der Waals surface area contributed by atoms with E-state index in [1.54, 1.807) is 13.2 Å². The number of aliphatic carboxylic acids is 1. The number of carboxylic acids is 1. The van der Waals surface area contributed by atoms with Crippen molar-refractivity contribution in [2.45, 2.75) is 45.2 Å². The number of carbonyl (C=O) groups is 2. The molecule has 112 valence electrons. The molecule has 3 N–H and O–H groups in total. The molecule has 1 aromatic rings. The lowest BCUT2D eigenvalue weighted by atomic mass is 10.1. The van der Waals surface area contributed by atoms with Gasteiger partial charge >= 0.3 is 12.0 Å². The Morgan fingerprint density at radius 2 is 2.25 bits per heavy atom. The molecule has 1 aromatic heterocycles. The normalized spacial score (nSPS) is 13.6. The monoisotopic (exact) mass is 282 g/mol. The molecule has 0 saturated carbocycles. The molecule has 1 rings (SSSR count). The van der Waals surface area contributed by atoms with Crippen LogP contribution in [0.15, 0.2) is 12.5 Å². The van der Waals surface area contributed by atoms with Crippen LogP contribution in [0.2, 0.25) is 0 Å². The first-order chi connectivity index (χ1) is 9.45. The number of amides is 2. The highest BCUT2D eigenvalue weighted by Crippen LogP contribution is 2.05. The van der Waals surface area contributed by atoms with Crippen LogP contribution in [0.3, 0.4) is 0 Å². The average Bonchev–Trinajstić information content (AvgIpc) is 2.90. The summed E-state index contributed by atoms with van der Waals surface area (Å²) in [5.41, 5.74) is 0.668. The van der Waals surface area contributed by atoms with Crippen LogP contribution in [0.5, 0.6) is 0 Å². The van der Waals surface area contributed by atoms with Crippen LogP contribution < -0.4 is 5.32 Å². The Hall–Kier alpha value is -2.05. The Morgan fingerprint density at radius 1 is 1.55 bits per heavy atom. The van der Waals surface area contributed by atoms with Crippen molar-refractivity contribution in [1.82, 2.24) is 20.2 Å². The van der Waals surface area contributed by atoms with Gasteiger partial charge in [-0.25, -0.2) is 14.6 Å². The van der Waals surface area contributed by atoms with Gasteiger partial charge in [0.2, 0.25) is 0 Å². The van der Waals surface area contributed by atoms with E-state index in [0.717, 1.165) is 12.8 Å². The van der Waals surface area contributed by atoms with Gasteiger partial charge in [0, 0.05) is 31.4 Å². The van der Waals surface area contributed by atoms with Crippen molar-refractivity contribution in [2.24, 2.45) is 0 Å². The lowest BCUT2D eigenvalue weighted by Crippen LogP contribution is -2.50. The highest BCUT2D eigenvalue weighted by Gasteiger charge is 2.24. The van der Waals surface area contributed by atoms with Crippen molar-refractivity contribution in [3.63, 3.8) is 0 Å². The fraction of sp³-hybridized carbons (Fsp3) is 0.615. The molecule has 2 atom stereocenters. The van der Waals surface area contributed by atoms with Gasteiger partial charge in [-0.1, -0.05) is 13.3 Å². The molecule has 0 aliphatic heterocycles. The molecule has 0 saturated heterocycles. The lowest BCUT2D eigenvalue weighted by molar-refractivity contribution is -0.139. The van der Waals surface area contributed by atoms with E-state index in [9.17, 15) is 14.7 Å². The maximum Gasteiger partial charge on any atom is 0.326 e. The SMILES string of the molecule is CCCC(C)N(C)C(=O)N[C@H](Cc1cnc[nH]1)C(=O)O. The maximum atomic E-state index is 12.0. The summed E-state index contributed by atoms with van der Waals surface area (Å²) in [7, 11) is 1.67. The Morgan fingerprint density at radius 3 is 2.75 bits per heavy atom. The van der Waals surface area contributed by atoms with E-state index in [2.05, 4.69) is 15.3 Å². The van der Waals surface area contributed by atoms with Gasteiger partial charge in [-0.05, 0) is 13.3 Å². The molecule has 7 nitrogen and oxygen atoms in total. The van der Waals surface area contributed by atoms with Crippen molar-refractivity contribution in [3.05, 3.63) is 18.2 Å². The number of hydrogen-bond acceptors (Lipinski definition) is 3. The second-order valence-corrected chi connectivity index (χ2v) is 4.87. The molecule has 0 aromatic carbocycles. The molecule has 7 heteroatoms. The number of aromatic nitrogens is 2. The summed E-state index contributed by atoms with van der Waals surface area (Å²) in [5, 5.41) is 11.7. The number of hydrogen-bond donors (Lipinski definition) is 3. The third-order valence-corrected chi connectivity index (χ3v) is 3.26. The molecule has 0 aliphatic carbocycles. The van der Waals surface area contributed by atoms with Gasteiger partial charge in [-0.15, -0.1) is 0 Å². The summed E-state index contributed by atoms with van der Waals surface area (Å²) in [5.74, 6) is -1.07. The second-order valence-electron chi connectivity index (χ2n) is 4.87. The molecule has 20 heavy (non-hydrogen) atoms. The van der Waals surface area contributed by atoms with Crippen LogP contribution in [0.25, 0.3) is 0 Å². The van der Waals surface area contributed by atoms with Gasteiger partial charge in [0.1, 0.15) is 6.04 Å². The minimum Gasteiger partial charge on any atom is -0.480 e. The van der Waals surface area contributed by atoms with E-state index in [1.165, 1.54) is 11.2 Å². The largest absolute Gasteiger partial charge is 0.480 e. The maximum absolute atomic E-state index is 12.0. The highest BCUT2D eigenvalue weighted by molar-refractivity contribution is 5.82. The predicted octanol–water partition coefficient (Wildman–Crippen LogP) is 1.24. The fourth-order valence-corrected chi connectivity index (χ4v) is 1.88. The summed E-state index contributed by atoms with van der Waals surface area (Å²) in [6, 6.07) is -1.28. The highest BCUT2D eigenvalue weighted by atomic mass is 16.4. The van der Waals surface area contributed by atoms with Crippen molar-refractivity contribution < 1.29 is 14.7 Å². The molecule has 1 unspecified atom stereocenters.